The van der Waals surface area contributed by atoms with Crippen LogP contribution in [-0.2, 0) is 0 Å². The van der Waals surface area contributed by atoms with Gasteiger partial charge in [0.2, 0.25) is 0 Å². The van der Waals surface area contributed by atoms with Crippen LogP contribution >= 0.6 is 0 Å². The normalized spacial score (nSPS) is 12.6. The zero-order chi connectivity index (χ0) is 14.5. The van der Waals surface area contributed by atoms with Gasteiger partial charge in [-0.15, -0.1) is 0 Å². The molecule has 2 heteroatoms. The minimum Gasteiger partial charge on any atom is -0.270 e. The first-order valence-electron chi connectivity index (χ1n) is 6.76. The van der Waals surface area contributed by atoms with E-state index in [4.69, 9.17) is 0 Å². The monoisotopic (exact) mass is 264 g/mol. The smallest absolute Gasteiger partial charge is 0.154 e. The standard InChI is InChI=1S/C18H20N2/c1-13-10-14(2)12-17(11-13)18(19-4)20-15(3)16-8-6-5-7-9-16/h5-12H,1-4H3. The first kappa shape index (κ1) is 14.2. The van der Waals surface area contributed by atoms with E-state index in [-0.39, 0.29) is 0 Å². The highest BCUT2D eigenvalue weighted by Gasteiger charge is 2.05. The van der Waals surface area contributed by atoms with Gasteiger partial charge in [-0.25, -0.2) is 4.99 Å². The quantitative estimate of drug-likeness (QED) is 0.574. The highest BCUT2D eigenvalue weighted by atomic mass is 14.9. The Kier molecular flexibility index (Phi) is 4.46. The molecule has 0 unspecified atom stereocenters. The number of rotatable bonds is 2. The van der Waals surface area contributed by atoms with Gasteiger partial charge in [-0.05, 0) is 38.5 Å². The summed E-state index contributed by atoms with van der Waals surface area (Å²) < 4.78 is 0. The minimum absolute atomic E-state index is 0.776. The number of hydrogen-bond donors (Lipinski definition) is 0. The van der Waals surface area contributed by atoms with Gasteiger partial charge in [-0.3, -0.25) is 4.99 Å². The maximum atomic E-state index is 4.68. The van der Waals surface area contributed by atoms with E-state index in [2.05, 4.69) is 54.2 Å². The summed E-state index contributed by atoms with van der Waals surface area (Å²) in [5.74, 6) is 0.776. The topological polar surface area (TPSA) is 24.7 Å². The predicted molar refractivity (Wildman–Crippen MR) is 87.0 cm³/mol. The highest BCUT2D eigenvalue weighted by molar-refractivity contribution is 6.11. The Balaban J connectivity index is 2.39. The Morgan fingerprint density at radius 2 is 1.45 bits per heavy atom. The fraction of sp³-hybridized carbons (Fsp3) is 0.222. The molecule has 0 aromatic heterocycles. The lowest BCUT2D eigenvalue weighted by Crippen LogP contribution is -2.04. The number of benzene rings is 2. The van der Waals surface area contributed by atoms with E-state index in [1.807, 2.05) is 25.1 Å². The molecule has 0 N–H and O–H groups in total. The van der Waals surface area contributed by atoms with Crippen molar-refractivity contribution in [2.45, 2.75) is 20.8 Å². The second-order valence-corrected chi connectivity index (χ2v) is 4.99. The van der Waals surface area contributed by atoms with Gasteiger partial charge in [0.25, 0.3) is 0 Å². The molecule has 0 fully saturated rings. The largest absolute Gasteiger partial charge is 0.270 e. The molecule has 0 aliphatic carbocycles. The molecular weight excluding hydrogens is 244 g/mol. The van der Waals surface area contributed by atoms with Crippen LogP contribution in [0.1, 0.15) is 29.2 Å². The van der Waals surface area contributed by atoms with E-state index in [0.717, 1.165) is 22.7 Å². The van der Waals surface area contributed by atoms with Crippen LogP contribution in [0.5, 0.6) is 0 Å². The number of amidine groups is 1. The van der Waals surface area contributed by atoms with Crippen LogP contribution in [0.4, 0.5) is 0 Å². The van der Waals surface area contributed by atoms with E-state index in [0.29, 0.717) is 0 Å². The summed E-state index contributed by atoms with van der Waals surface area (Å²) in [5, 5.41) is 0. The molecule has 20 heavy (non-hydrogen) atoms. The van der Waals surface area contributed by atoms with Crippen molar-refractivity contribution >= 4 is 11.5 Å². The predicted octanol–water partition coefficient (Wildman–Crippen LogP) is 4.19. The lowest BCUT2D eigenvalue weighted by molar-refractivity contribution is 1.33. The molecule has 0 bridgehead atoms. The number of hydrogen-bond acceptors (Lipinski definition) is 1. The fourth-order valence-electron chi connectivity index (χ4n) is 2.25. The number of aliphatic imine (C=N–C) groups is 2. The average molecular weight is 264 g/mol. The summed E-state index contributed by atoms with van der Waals surface area (Å²) >= 11 is 0. The van der Waals surface area contributed by atoms with Gasteiger partial charge in [-0.2, -0.15) is 0 Å². The molecule has 0 aliphatic rings. The van der Waals surface area contributed by atoms with Crippen molar-refractivity contribution in [2.75, 3.05) is 7.05 Å². The van der Waals surface area contributed by atoms with Gasteiger partial charge in [0.05, 0.1) is 0 Å². The van der Waals surface area contributed by atoms with Crippen LogP contribution in [-0.4, -0.2) is 18.6 Å². The van der Waals surface area contributed by atoms with E-state index >= 15 is 0 Å². The van der Waals surface area contributed by atoms with Crippen LogP contribution in [0, 0.1) is 13.8 Å². The van der Waals surface area contributed by atoms with E-state index in [9.17, 15) is 0 Å². The summed E-state index contributed by atoms with van der Waals surface area (Å²) in [5.41, 5.74) is 5.63. The molecule has 0 radical (unpaired) electrons. The van der Waals surface area contributed by atoms with Crippen LogP contribution in [0.15, 0.2) is 58.5 Å². The molecule has 0 aliphatic heterocycles. The van der Waals surface area contributed by atoms with Crippen molar-refractivity contribution in [3.8, 4) is 0 Å². The molecular formula is C18H20N2. The molecule has 2 rings (SSSR count). The molecule has 0 heterocycles. The van der Waals surface area contributed by atoms with Gasteiger partial charge in [0.15, 0.2) is 5.84 Å². The lowest BCUT2D eigenvalue weighted by Gasteiger charge is -2.06. The van der Waals surface area contributed by atoms with Crippen molar-refractivity contribution in [3.05, 3.63) is 70.8 Å². The summed E-state index contributed by atoms with van der Waals surface area (Å²) in [6.07, 6.45) is 0. The summed E-state index contributed by atoms with van der Waals surface area (Å²) in [6, 6.07) is 16.6. The van der Waals surface area contributed by atoms with Crippen molar-refractivity contribution in [2.24, 2.45) is 9.98 Å². The van der Waals surface area contributed by atoms with Crippen LogP contribution in [0.3, 0.4) is 0 Å². The third-order valence-corrected chi connectivity index (χ3v) is 3.16. The Labute approximate surface area is 120 Å². The molecule has 2 aromatic carbocycles. The molecule has 2 aromatic rings. The SMILES string of the molecule is CN=C(N=C(C)c1ccccc1)c1cc(C)cc(C)c1. The third-order valence-electron chi connectivity index (χ3n) is 3.16. The van der Waals surface area contributed by atoms with Gasteiger partial charge in [0.1, 0.15) is 0 Å². The molecule has 0 saturated carbocycles. The van der Waals surface area contributed by atoms with E-state index in [1.54, 1.807) is 7.05 Å². The molecule has 0 saturated heterocycles. The van der Waals surface area contributed by atoms with Crippen molar-refractivity contribution in [1.82, 2.24) is 0 Å². The molecule has 0 atom stereocenters. The van der Waals surface area contributed by atoms with Crippen LogP contribution in [0.2, 0.25) is 0 Å². The second-order valence-electron chi connectivity index (χ2n) is 4.99. The van der Waals surface area contributed by atoms with E-state index < -0.39 is 0 Å². The van der Waals surface area contributed by atoms with Gasteiger partial charge >= 0.3 is 0 Å². The van der Waals surface area contributed by atoms with Crippen LogP contribution < -0.4 is 0 Å². The second kappa shape index (κ2) is 6.29. The van der Waals surface area contributed by atoms with Gasteiger partial charge in [-0.1, -0.05) is 47.5 Å². The highest BCUT2D eigenvalue weighted by Crippen LogP contribution is 2.12. The Morgan fingerprint density at radius 1 is 0.850 bits per heavy atom. The Bertz CT molecular complexity index is 632. The van der Waals surface area contributed by atoms with Gasteiger partial charge in [0, 0.05) is 18.3 Å². The Morgan fingerprint density at radius 3 is 2.00 bits per heavy atom. The molecule has 2 nitrogen and oxygen atoms in total. The van der Waals surface area contributed by atoms with Crippen molar-refractivity contribution < 1.29 is 0 Å². The molecule has 102 valence electrons. The zero-order valence-corrected chi connectivity index (χ0v) is 12.5. The fourth-order valence-corrected chi connectivity index (χ4v) is 2.25. The minimum atomic E-state index is 0.776. The number of nitrogens with zero attached hydrogens (tertiary/aromatic N) is 2. The first-order chi connectivity index (χ1) is 9.60. The van der Waals surface area contributed by atoms with Gasteiger partial charge < -0.3 is 0 Å². The average Bonchev–Trinajstić information content (AvgIpc) is 2.44. The van der Waals surface area contributed by atoms with Crippen molar-refractivity contribution in [1.29, 1.82) is 0 Å². The van der Waals surface area contributed by atoms with Crippen LogP contribution in [0.25, 0.3) is 0 Å². The maximum absolute atomic E-state index is 4.68. The molecule has 0 spiro atoms. The lowest BCUT2D eigenvalue weighted by atomic mass is 10.1. The summed E-state index contributed by atoms with van der Waals surface area (Å²) in [6.45, 7) is 6.21. The zero-order valence-electron chi connectivity index (χ0n) is 12.5. The first-order valence-corrected chi connectivity index (χ1v) is 6.76. The summed E-state index contributed by atoms with van der Waals surface area (Å²) in [7, 11) is 1.79. The number of aryl methyl sites for hydroxylation is 2. The molecule has 0 amide bonds. The third kappa shape index (κ3) is 3.41. The van der Waals surface area contributed by atoms with E-state index in [1.165, 1.54) is 11.1 Å². The summed E-state index contributed by atoms with van der Waals surface area (Å²) in [4.78, 5) is 9.02. The Hall–Kier alpha value is -2.22. The maximum Gasteiger partial charge on any atom is 0.154 e. The van der Waals surface area contributed by atoms with Crippen molar-refractivity contribution in [3.63, 3.8) is 0 Å².